The number of rotatable bonds is 11. The highest BCUT2D eigenvalue weighted by molar-refractivity contribution is 6.07. The lowest BCUT2D eigenvalue weighted by Crippen LogP contribution is -2.55. The SMILES string of the molecule is N=C(N)NCCC[C@@H]1NCCCCN(CC(=O)N[C@@H](CC(=O)O)C(=O)NC(=O)c2ccccc2)C1=O. The van der Waals surface area contributed by atoms with Gasteiger partial charge < -0.3 is 31.7 Å². The highest BCUT2D eigenvalue weighted by Gasteiger charge is 2.29. The van der Waals surface area contributed by atoms with Crippen LogP contribution in [0, 0.1) is 5.41 Å². The van der Waals surface area contributed by atoms with Gasteiger partial charge in [-0.1, -0.05) is 18.2 Å². The van der Waals surface area contributed by atoms with Crippen LogP contribution in [0.4, 0.5) is 0 Å². The normalized spacial score (nSPS) is 16.7. The van der Waals surface area contributed by atoms with Gasteiger partial charge in [0, 0.05) is 18.7 Å². The van der Waals surface area contributed by atoms with Crippen LogP contribution in [-0.2, 0) is 19.2 Å². The van der Waals surface area contributed by atoms with Gasteiger partial charge in [-0.3, -0.25) is 34.7 Å². The number of amides is 4. The number of carboxylic acid groups (broad SMARTS) is 1. The monoisotopic (exact) mass is 503 g/mol. The van der Waals surface area contributed by atoms with E-state index >= 15 is 0 Å². The minimum Gasteiger partial charge on any atom is -0.481 e. The number of hydrogen-bond donors (Lipinski definition) is 7. The Morgan fingerprint density at radius 3 is 2.58 bits per heavy atom. The minimum atomic E-state index is -1.50. The molecule has 2 rings (SSSR count). The molecule has 196 valence electrons. The lowest BCUT2D eigenvalue weighted by Gasteiger charge is -2.30. The molecule has 0 bridgehead atoms. The Hall–Kier alpha value is -4.00. The Bertz CT molecular complexity index is 956. The van der Waals surface area contributed by atoms with E-state index in [1.54, 1.807) is 18.2 Å². The number of aliphatic carboxylic acids is 1. The summed E-state index contributed by atoms with van der Waals surface area (Å²) in [5.74, 6) is -4.18. The molecule has 1 aromatic rings. The molecule has 1 heterocycles. The molecule has 0 spiro atoms. The number of nitrogens with zero attached hydrogens (tertiary/aromatic N) is 1. The third kappa shape index (κ3) is 9.70. The van der Waals surface area contributed by atoms with Gasteiger partial charge >= 0.3 is 5.97 Å². The molecule has 0 aliphatic carbocycles. The highest BCUT2D eigenvalue weighted by Crippen LogP contribution is 2.09. The van der Waals surface area contributed by atoms with Crippen LogP contribution in [0.5, 0.6) is 0 Å². The van der Waals surface area contributed by atoms with Crippen molar-refractivity contribution in [2.75, 3.05) is 26.2 Å². The minimum absolute atomic E-state index is 0.157. The second kappa shape index (κ2) is 14.4. The second-order valence-corrected chi connectivity index (χ2v) is 8.36. The fourth-order valence-electron chi connectivity index (χ4n) is 3.69. The van der Waals surface area contributed by atoms with Crippen LogP contribution < -0.4 is 27.0 Å². The van der Waals surface area contributed by atoms with E-state index in [4.69, 9.17) is 11.1 Å². The third-order valence-electron chi connectivity index (χ3n) is 5.48. The van der Waals surface area contributed by atoms with E-state index in [9.17, 15) is 29.1 Å². The molecule has 4 amide bonds. The molecule has 1 aliphatic rings. The molecular weight excluding hydrogens is 470 g/mol. The van der Waals surface area contributed by atoms with Crippen molar-refractivity contribution in [2.45, 2.75) is 44.2 Å². The first-order valence-corrected chi connectivity index (χ1v) is 11.7. The van der Waals surface area contributed by atoms with Crippen LogP contribution in [-0.4, -0.2) is 83.8 Å². The van der Waals surface area contributed by atoms with Crippen molar-refractivity contribution >= 4 is 35.6 Å². The Balaban J connectivity index is 1.99. The molecule has 2 atom stereocenters. The summed E-state index contributed by atoms with van der Waals surface area (Å²) in [5, 5.41) is 26.7. The van der Waals surface area contributed by atoms with Crippen molar-refractivity contribution < 1.29 is 29.1 Å². The van der Waals surface area contributed by atoms with Crippen molar-refractivity contribution in [3.05, 3.63) is 35.9 Å². The van der Waals surface area contributed by atoms with Crippen LogP contribution in [0.25, 0.3) is 0 Å². The number of carboxylic acids is 1. The number of benzene rings is 1. The topological polar surface area (TPSA) is 207 Å². The summed E-state index contributed by atoms with van der Waals surface area (Å²) in [5.41, 5.74) is 5.47. The molecule has 0 radical (unpaired) electrons. The molecule has 8 N–H and O–H groups in total. The summed E-state index contributed by atoms with van der Waals surface area (Å²) >= 11 is 0. The first kappa shape index (κ1) is 28.2. The van der Waals surface area contributed by atoms with E-state index in [1.807, 2.05) is 0 Å². The van der Waals surface area contributed by atoms with E-state index in [1.165, 1.54) is 17.0 Å². The average Bonchev–Trinajstić information content (AvgIpc) is 2.82. The third-order valence-corrected chi connectivity index (χ3v) is 5.48. The largest absolute Gasteiger partial charge is 0.481 e. The van der Waals surface area contributed by atoms with Gasteiger partial charge in [0.15, 0.2) is 5.96 Å². The van der Waals surface area contributed by atoms with Gasteiger partial charge in [0.05, 0.1) is 19.0 Å². The van der Waals surface area contributed by atoms with E-state index < -0.39 is 42.2 Å². The molecule has 0 aromatic heterocycles. The van der Waals surface area contributed by atoms with Crippen molar-refractivity contribution in [1.29, 1.82) is 5.41 Å². The number of guanidine groups is 1. The molecule has 0 unspecified atom stereocenters. The average molecular weight is 504 g/mol. The fraction of sp³-hybridized carbons (Fsp3) is 0.478. The lowest BCUT2D eigenvalue weighted by molar-refractivity contribution is -0.142. The summed E-state index contributed by atoms with van der Waals surface area (Å²) in [7, 11) is 0. The van der Waals surface area contributed by atoms with E-state index in [0.717, 1.165) is 6.42 Å². The predicted molar refractivity (Wildman–Crippen MR) is 130 cm³/mol. The van der Waals surface area contributed by atoms with Gasteiger partial charge in [-0.25, -0.2) is 0 Å². The zero-order valence-electron chi connectivity index (χ0n) is 19.9. The highest BCUT2D eigenvalue weighted by atomic mass is 16.4. The molecular formula is C23H33N7O6. The Labute approximate surface area is 208 Å². The maximum absolute atomic E-state index is 13.0. The number of hydrogen-bond acceptors (Lipinski definition) is 7. The Morgan fingerprint density at radius 2 is 1.92 bits per heavy atom. The summed E-state index contributed by atoms with van der Waals surface area (Å²) < 4.78 is 0. The zero-order valence-corrected chi connectivity index (χ0v) is 19.9. The summed E-state index contributed by atoms with van der Waals surface area (Å²) in [6.07, 6.45) is 1.75. The van der Waals surface area contributed by atoms with Crippen molar-refractivity contribution in [3.8, 4) is 0 Å². The molecule has 13 heteroatoms. The number of imide groups is 1. The molecule has 13 nitrogen and oxygen atoms in total. The lowest BCUT2D eigenvalue weighted by atomic mass is 10.1. The second-order valence-electron chi connectivity index (χ2n) is 8.36. The maximum Gasteiger partial charge on any atom is 0.305 e. The maximum atomic E-state index is 13.0. The van der Waals surface area contributed by atoms with Gasteiger partial charge in [-0.2, -0.15) is 0 Å². The van der Waals surface area contributed by atoms with Crippen LogP contribution in [0.2, 0.25) is 0 Å². The van der Waals surface area contributed by atoms with Gasteiger partial charge in [0.2, 0.25) is 17.7 Å². The van der Waals surface area contributed by atoms with Gasteiger partial charge in [0.1, 0.15) is 6.04 Å². The first-order chi connectivity index (χ1) is 17.2. The summed E-state index contributed by atoms with van der Waals surface area (Å²) in [6.45, 7) is 1.04. The van der Waals surface area contributed by atoms with E-state index in [0.29, 0.717) is 38.9 Å². The standard InChI is InChI=1S/C23H33N7O6/c24-23(25)27-11-6-9-16-22(36)30(12-5-4-10-26-16)14-18(31)28-17(13-19(32)33)21(35)29-20(34)15-7-2-1-3-8-15/h1-3,7-8,16-17,26H,4-6,9-14H2,(H,28,31)(H,32,33)(H4,24,25,27)(H,29,34,35)/t16-,17-/m0/s1. The van der Waals surface area contributed by atoms with Gasteiger partial charge in [0.25, 0.3) is 5.91 Å². The smallest absolute Gasteiger partial charge is 0.305 e. The molecule has 1 aromatic carbocycles. The van der Waals surface area contributed by atoms with Crippen LogP contribution in [0.15, 0.2) is 30.3 Å². The van der Waals surface area contributed by atoms with Crippen LogP contribution >= 0.6 is 0 Å². The van der Waals surface area contributed by atoms with Crippen molar-refractivity contribution in [3.63, 3.8) is 0 Å². The number of carbonyl (C=O) groups excluding carboxylic acids is 4. The van der Waals surface area contributed by atoms with Crippen LogP contribution in [0.3, 0.4) is 0 Å². The summed E-state index contributed by atoms with van der Waals surface area (Å²) in [6, 6.07) is 5.86. The zero-order chi connectivity index (χ0) is 26.5. The molecule has 1 fully saturated rings. The van der Waals surface area contributed by atoms with Gasteiger partial charge in [-0.15, -0.1) is 0 Å². The predicted octanol–water partition coefficient (Wildman–Crippen LogP) is -1.25. The Morgan fingerprint density at radius 1 is 1.19 bits per heavy atom. The molecule has 36 heavy (non-hydrogen) atoms. The quantitative estimate of drug-likeness (QED) is 0.109. The fourth-order valence-corrected chi connectivity index (χ4v) is 3.69. The van der Waals surface area contributed by atoms with Crippen LogP contribution in [0.1, 0.15) is 42.5 Å². The molecule has 1 aliphatic heterocycles. The number of nitrogens with one attached hydrogen (secondary N) is 5. The Kier molecular flexibility index (Phi) is 11.3. The number of carbonyl (C=O) groups is 5. The van der Waals surface area contributed by atoms with Crippen molar-refractivity contribution in [2.24, 2.45) is 5.73 Å². The molecule has 0 saturated carbocycles. The van der Waals surface area contributed by atoms with E-state index in [-0.39, 0.29) is 24.0 Å². The van der Waals surface area contributed by atoms with Crippen molar-refractivity contribution in [1.82, 2.24) is 26.2 Å². The van der Waals surface area contributed by atoms with Gasteiger partial charge in [-0.05, 0) is 44.4 Å². The summed E-state index contributed by atoms with van der Waals surface area (Å²) in [4.78, 5) is 63.2. The number of nitrogens with two attached hydrogens (primary N) is 1. The van der Waals surface area contributed by atoms with E-state index in [2.05, 4.69) is 21.3 Å². The first-order valence-electron chi connectivity index (χ1n) is 11.7. The molecule has 1 saturated heterocycles.